The number of anilines is 1. The Balaban J connectivity index is 1.99. The summed E-state index contributed by atoms with van der Waals surface area (Å²) in [5.41, 5.74) is 4.01. The summed E-state index contributed by atoms with van der Waals surface area (Å²) in [6.45, 7) is 6.22. The zero-order chi connectivity index (χ0) is 13.8. The maximum absolute atomic E-state index is 11.9. The number of nitrogens with zero attached hydrogens (tertiary/aromatic N) is 2. The SMILES string of the molecule is CCc1ccc(NC(=O)Cn2nc(C)cc2C)cc1. The van der Waals surface area contributed by atoms with Gasteiger partial charge in [-0.2, -0.15) is 5.10 Å². The van der Waals surface area contributed by atoms with Gasteiger partial charge in [0.1, 0.15) is 6.54 Å². The molecule has 0 radical (unpaired) electrons. The van der Waals surface area contributed by atoms with Gasteiger partial charge in [0, 0.05) is 11.4 Å². The average Bonchev–Trinajstić information content (AvgIpc) is 2.68. The number of hydrogen-bond acceptors (Lipinski definition) is 2. The number of carbonyl (C=O) groups is 1. The van der Waals surface area contributed by atoms with Gasteiger partial charge in [-0.3, -0.25) is 9.48 Å². The van der Waals surface area contributed by atoms with E-state index in [2.05, 4.69) is 17.3 Å². The molecule has 1 aromatic carbocycles. The molecule has 4 nitrogen and oxygen atoms in total. The van der Waals surface area contributed by atoms with Crippen molar-refractivity contribution in [3.05, 3.63) is 47.3 Å². The third-order valence-corrected chi connectivity index (χ3v) is 3.04. The van der Waals surface area contributed by atoms with E-state index in [1.54, 1.807) is 4.68 Å². The molecule has 0 aliphatic rings. The van der Waals surface area contributed by atoms with Gasteiger partial charge in [0.15, 0.2) is 0 Å². The van der Waals surface area contributed by atoms with E-state index in [9.17, 15) is 4.79 Å². The average molecular weight is 257 g/mol. The molecule has 0 fully saturated rings. The second kappa shape index (κ2) is 5.69. The van der Waals surface area contributed by atoms with Crippen LogP contribution in [-0.4, -0.2) is 15.7 Å². The van der Waals surface area contributed by atoms with Crippen LogP contribution in [0.2, 0.25) is 0 Å². The van der Waals surface area contributed by atoms with Crippen LogP contribution in [0.5, 0.6) is 0 Å². The van der Waals surface area contributed by atoms with E-state index in [0.29, 0.717) is 0 Å². The van der Waals surface area contributed by atoms with E-state index in [-0.39, 0.29) is 12.5 Å². The Morgan fingerprint density at radius 2 is 1.95 bits per heavy atom. The Bertz CT molecular complexity index is 570. The van der Waals surface area contributed by atoms with Crippen LogP contribution in [0.15, 0.2) is 30.3 Å². The van der Waals surface area contributed by atoms with Gasteiger partial charge in [-0.15, -0.1) is 0 Å². The first-order valence-corrected chi connectivity index (χ1v) is 6.48. The molecule has 0 aliphatic carbocycles. The van der Waals surface area contributed by atoms with E-state index in [0.717, 1.165) is 23.5 Å². The molecule has 1 aromatic heterocycles. The van der Waals surface area contributed by atoms with Crippen molar-refractivity contribution in [3.8, 4) is 0 Å². The van der Waals surface area contributed by atoms with Crippen molar-refractivity contribution in [3.63, 3.8) is 0 Å². The Hall–Kier alpha value is -2.10. The lowest BCUT2D eigenvalue weighted by Gasteiger charge is -2.07. The summed E-state index contributed by atoms with van der Waals surface area (Å²) in [7, 11) is 0. The van der Waals surface area contributed by atoms with Gasteiger partial charge < -0.3 is 5.32 Å². The highest BCUT2D eigenvalue weighted by molar-refractivity contribution is 5.90. The van der Waals surface area contributed by atoms with Crippen molar-refractivity contribution in [2.75, 3.05) is 5.32 Å². The summed E-state index contributed by atoms with van der Waals surface area (Å²) in [4.78, 5) is 11.9. The van der Waals surface area contributed by atoms with Gasteiger partial charge in [-0.1, -0.05) is 19.1 Å². The van der Waals surface area contributed by atoms with E-state index in [1.165, 1.54) is 5.56 Å². The van der Waals surface area contributed by atoms with Crippen molar-refractivity contribution < 1.29 is 4.79 Å². The van der Waals surface area contributed by atoms with Gasteiger partial charge in [-0.05, 0) is 44.0 Å². The fourth-order valence-electron chi connectivity index (χ4n) is 2.00. The molecule has 1 heterocycles. The van der Waals surface area contributed by atoms with Crippen molar-refractivity contribution in [2.24, 2.45) is 0 Å². The smallest absolute Gasteiger partial charge is 0.246 e. The first-order valence-electron chi connectivity index (χ1n) is 6.48. The summed E-state index contributed by atoms with van der Waals surface area (Å²) in [5, 5.41) is 7.15. The van der Waals surface area contributed by atoms with Crippen LogP contribution < -0.4 is 5.32 Å². The summed E-state index contributed by atoms with van der Waals surface area (Å²) < 4.78 is 1.71. The molecule has 0 atom stereocenters. The van der Waals surface area contributed by atoms with Crippen molar-refractivity contribution in [1.29, 1.82) is 0 Å². The zero-order valence-electron chi connectivity index (χ0n) is 11.6. The normalized spacial score (nSPS) is 10.5. The predicted octanol–water partition coefficient (Wildman–Crippen LogP) is 2.70. The maximum Gasteiger partial charge on any atom is 0.246 e. The third kappa shape index (κ3) is 3.44. The summed E-state index contributed by atoms with van der Waals surface area (Å²) in [5.74, 6) is -0.0598. The second-order valence-electron chi connectivity index (χ2n) is 4.68. The van der Waals surface area contributed by atoms with Gasteiger partial charge in [0.05, 0.1) is 5.69 Å². The molecule has 0 saturated heterocycles. The van der Waals surface area contributed by atoms with E-state index in [4.69, 9.17) is 0 Å². The predicted molar refractivity (Wildman–Crippen MR) is 76.2 cm³/mol. The number of benzene rings is 1. The lowest BCUT2D eigenvalue weighted by atomic mass is 10.1. The molecule has 2 rings (SSSR count). The van der Waals surface area contributed by atoms with Gasteiger partial charge in [0.2, 0.25) is 5.91 Å². The molecular formula is C15H19N3O. The van der Waals surface area contributed by atoms with Crippen LogP contribution in [0.4, 0.5) is 5.69 Å². The highest BCUT2D eigenvalue weighted by Crippen LogP contribution is 2.10. The maximum atomic E-state index is 11.9. The number of amides is 1. The lowest BCUT2D eigenvalue weighted by Crippen LogP contribution is -2.20. The van der Waals surface area contributed by atoms with E-state index >= 15 is 0 Å². The van der Waals surface area contributed by atoms with Crippen molar-refractivity contribution >= 4 is 11.6 Å². The molecular weight excluding hydrogens is 238 g/mol. The molecule has 0 aliphatic heterocycles. The zero-order valence-corrected chi connectivity index (χ0v) is 11.6. The Labute approximate surface area is 113 Å². The molecule has 0 bridgehead atoms. The molecule has 1 N–H and O–H groups in total. The Morgan fingerprint density at radius 3 is 2.47 bits per heavy atom. The molecule has 2 aromatic rings. The van der Waals surface area contributed by atoms with E-state index < -0.39 is 0 Å². The fourth-order valence-corrected chi connectivity index (χ4v) is 2.00. The quantitative estimate of drug-likeness (QED) is 0.915. The van der Waals surface area contributed by atoms with Crippen LogP contribution in [0.3, 0.4) is 0 Å². The molecule has 0 saturated carbocycles. The van der Waals surface area contributed by atoms with Crippen LogP contribution in [0, 0.1) is 13.8 Å². The molecule has 1 amide bonds. The Morgan fingerprint density at radius 1 is 1.26 bits per heavy atom. The van der Waals surface area contributed by atoms with Crippen molar-refractivity contribution in [1.82, 2.24) is 9.78 Å². The largest absolute Gasteiger partial charge is 0.324 e. The minimum Gasteiger partial charge on any atom is -0.324 e. The lowest BCUT2D eigenvalue weighted by molar-refractivity contribution is -0.116. The first-order chi connectivity index (χ1) is 9.08. The van der Waals surface area contributed by atoms with Crippen LogP contribution in [0.25, 0.3) is 0 Å². The minimum atomic E-state index is -0.0598. The highest BCUT2D eigenvalue weighted by Gasteiger charge is 2.07. The number of rotatable bonds is 4. The Kier molecular flexibility index (Phi) is 4.00. The number of hydrogen-bond donors (Lipinski definition) is 1. The third-order valence-electron chi connectivity index (χ3n) is 3.04. The topological polar surface area (TPSA) is 46.9 Å². The van der Waals surface area contributed by atoms with Gasteiger partial charge in [0.25, 0.3) is 0 Å². The van der Waals surface area contributed by atoms with Crippen LogP contribution in [0.1, 0.15) is 23.9 Å². The molecule has 19 heavy (non-hydrogen) atoms. The molecule has 0 unspecified atom stereocenters. The molecule has 100 valence electrons. The minimum absolute atomic E-state index is 0.0598. The highest BCUT2D eigenvalue weighted by atomic mass is 16.2. The molecule has 0 spiro atoms. The van der Waals surface area contributed by atoms with Gasteiger partial charge in [-0.25, -0.2) is 0 Å². The summed E-state index contributed by atoms with van der Waals surface area (Å²) in [6.07, 6.45) is 1.000. The fraction of sp³-hybridized carbons (Fsp3) is 0.333. The van der Waals surface area contributed by atoms with E-state index in [1.807, 2.05) is 44.2 Å². The number of aromatic nitrogens is 2. The second-order valence-corrected chi connectivity index (χ2v) is 4.68. The summed E-state index contributed by atoms with van der Waals surface area (Å²) in [6, 6.07) is 9.87. The van der Waals surface area contributed by atoms with Crippen LogP contribution in [-0.2, 0) is 17.8 Å². The molecule has 4 heteroatoms. The van der Waals surface area contributed by atoms with Crippen LogP contribution >= 0.6 is 0 Å². The number of nitrogens with one attached hydrogen (secondary N) is 1. The number of aryl methyl sites for hydroxylation is 3. The van der Waals surface area contributed by atoms with Gasteiger partial charge >= 0.3 is 0 Å². The summed E-state index contributed by atoms with van der Waals surface area (Å²) >= 11 is 0. The van der Waals surface area contributed by atoms with Crippen molar-refractivity contribution in [2.45, 2.75) is 33.7 Å². The number of carbonyl (C=O) groups excluding carboxylic acids is 1. The first kappa shape index (κ1) is 13.3. The standard InChI is InChI=1S/C15H19N3O/c1-4-13-5-7-14(8-6-13)16-15(19)10-18-12(3)9-11(2)17-18/h5-9H,4,10H2,1-3H3,(H,16,19). The monoisotopic (exact) mass is 257 g/mol.